The minimum absolute atomic E-state index is 0.150. The molecule has 1 aromatic rings. The van der Waals surface area contributed by atoms with E-state index in [2.05, 4.69) is 0 Å². The number of ether oxygens (including phenoxy) is 2. The van der Waals surface area contributed by atoms with E-state index in [-0.39, 0.29) is 16.5 Å². The average Bonchev–Trinajstić information content (AvgIpc) is 2.82. The Labute approximate surface area is 136 Å². The van der Waals surface area contributed by atoms with Crippen LogP contribution in [0.5, 0.6) is 11.5 Å². The van der Waals surface area contributed by atoms with Crippen molar-refractivity contribution in [1.82, 2.24) is 10.2 Å². The topological polar surface area (TPSA) is 50.8 Å². The molecule has 23 heavy (non-hydrogen) atoms. The molecule has 1 heterocycles. The van der Waals surface area contributed by atoms with E-state index in [1.165, 1.54) is 25.2 Å². The normalized spacial score (nSPS) is 19.6. The Bertz CT molecular complexity index is 597. The predicted octanol–water partition coefficient (Wildman–Crippen LogP) is 3.77. The Morgan fingerprint density at radius 2 is 2.00 bits per heavy atom. The smallest absolute Gasteiger partial charge is 0.424 e. The van der Waals surface area contributed by atoms with Gasteiger partial charge in [0.05, 0.1) is 0 Å². The maximum Gasteiger partial charge on any atom is 0.492 e. The van der Waals surface area contributed by atoms with E-state index >= 15 is 0 Å². The molecule has 0 aromatic heterocycles. The van der Waals surface area contributed by atoms with Gasteiger partial charge in [-0.2, -0.15) is 13.2 Å². The van der Waals surface area contributed by atoms with Gasteiger partial charge in [-0.25, -0.2) is 4.79 Å². The van der Waals surface area contributed by atoms with Gasteiger partial charge in [-0.1, -0.05) is 24.9 Å². The second kappa shape index (κ2) is 6.35. The number of unbranched alkanes of at least 4 members (excludes halogenated alkanes) is 1. The van der Waals surface area contributed by atoms with E-state index < -0.39 is 18.1 Å². The third-order valence-electron chi connectivity index (χ3n) is 3.25. The molecule has 0 bridgehead atoms. The monoisotopic (exact) mass is 352 g/mol. The Kier molecular flexibility index (Phi) is 4.84. The number of hydrogen-bond donors (Lipinski definition) is 1. The molecule has 0 fully saturated rings. The van der Waals surface area contributed by atoms with Crippen LogP contribution >= 0.6 is 11.6 Å². The summed E-state index contributed by atoms with van der Waals surface area (Å²) in [4.78, 5) is 13.1. The predicted molar refractivity (Wildman–Crippen MR) is 77.6 cm³/mol. The number of rotatable bonds is 4. The SMILES string of the molecule is CCCCN(C)C(=O)NC1(C(F)(F)F)Oc2ccc(Cl)cc2O1. The molecule has 1 aliphatic heterocycles. The minimum Gasteiger partial charge on any atom is -0.424 e. The third kappa shape index (κ3) is 3.57. The Morgan fingerprint density at radius 3 is 2.61 bits per heavy atom. The van der Waals surface area contributed by atoms with Gasteiger partial charge >= 0.3 is 18.1 Å². The van der Waals surface area contributed by atoms with Crippen LogP contribution in [0, 0.1) is 0 Å². The zero-order valence-electron chi connectivity index (χ0n) is 12.5. The molecule has 1 N–H and O–H groups in total. The molecular formula is C14H16ClF3N2O3. The summed E-state index contributed by atoms with van der Waals surface area (Å²) < 4.78 is 50.1. The van der Waals surface area contributed by atoms with Crippen LogP contribution in [0.15, 0.2) is 18.2 Å². The summed E-state index contributed by atoms with van der Waals surface area (Å²) >= 11 is 5.73. The van der Waals surface area contributed by atoms with Crippen molar-refractivity contribution in [3.05, 3.63) is 23.2 Å². The zero-order chi connectivity index (χ0) is 17.3. The molecule has 5 nitrogen and oxygen atoms in total. The fourth-order valence-electron chi connectivity index (χ4n) is 1.95. The van der Waals surface area contributed by atoms with E-state index in [1.807, 2.05) is 6.92 Å². The van der Waals surface area contributed by atoms with Crippen LogP contribution in [0.2, 0.25) is 5.02 Å². The average molecular weight is 353 g/mol. The van der Waals surface area contributed by atoms with Crippen LogP contribution in [0.25, 0.3) is 0 Å². The molecule has 0 saturated heterocycles. The number of amides is 2. The van der Waals surface area contributed by atoms with Gasteiger partial charge in [0.15, 0.2) is 11.5 Å². The van der Waals surface area contributed by atoms with Crippen LogP contribution < -0.4 is 14.8 Å². The molecule has 1 atom stereocenters. The van der Waals surface area contributed by atoms with Gasteiger partial charge in [0.1, 0.15) is 0 Å². The lowest BCUT2D eigenvalue weighted by molar-refractivity contribution is -0.318. The van der Waals surface area contributed by atoms with Crippen LogP contribution in [-0.2, 0) is 0 Å². The molecule has 128 valence electrons. The number of carbonyl (C=O) groups is 1. The molecule has 1 aromatic carbocycles. The number of hydrogen-bond acceptors (Lipinski definition) is 3. The maximum absolute atomic E-state index is 13.4. The lowest BCUT2D eigenvalue weighted by Crippen LogP contribution is -2.66. The van der Waals surface area contributed by atoms with Crippen molar-refractivity contribution in [2.24, 2.45) is 0 Å². The molecule has 9 heteroatoms. The van der Waals surface area contributed by atoms with E-state index in [0.29, 0.717) is 13.0 Å². The van der Waals surface area contributed by atoms with Gasteiger partial charge in [-0.3, -0.25) is 5.32 Å². The summed E-state index contributed by atoms with van der Waals surface area (Å²) in [5.41, 5.74) is 0. The molecule has 1 aliphatic rings. The van der Waals surface area contributed by atoms with Crippen LogP contribution in [0.3, 0.4) is 0 Å². The van der Waals surface area contributed by atoms with Gasteiger partial charge in [0.2, 0.25) is 0 Å². The number of benzene rings is 1. The standard InChI is InChI=1S/C14H16ClF3N2O3/c1-3-4-7-20(2)12(21)19-14(13(16,17)18)22-10-6-5-9(15)8-11(10)23-14/h5-6,8H,3-4,7H2,1-2H3,(H,19,21). The zero-order valence-corrected chi connectivity index (χ0v) is 13.3. The number of halogens is 4. The number of carbonyl (C=O) groups excluding carboxylic acids is 1. The van der Waals surface area contributed by atoms with Crippen molar-refractivity contribution < 1.29 is 27.4 Å². The number of urea groups is 1. The molecule has 2 rings (SSSR count). The van der Waals surface area contributed by atoms with E-state index in [0.717, 1.165) is 11.3 Å². The molecule has 0 aliphatic carbocycles. The van der Waals surface area contributed by atoms with Gasteiger partial charge in [-0.15, -0.1) is 0 Å². The number of nitrogens with one attached hydrogen (secondary N) is 1. The Morgan fingerprint density at radius 1 is 1.35 bits per heavy atom. The van der Waals surface area contributed by atoms with Crippen LogP contribution in [0.1, 0.15) is 19.8 Å². The largest absolute Gasteiger partial charge is 0.492 e. The van der Waals surface area contributed by atoms with Crippen molar-refractivity contribution in [3.63, 3.8) is 0 Å². The summed E-state index contributed by atoms with van der Waals surface area (Å²) in [5, 5.41) is 1.97. The lowest BCUT2D eigenvalue weighted by Gasteiger charge is -2.31. The number of nitrogens with zero attached hydrogens (tertiary/aromatic N) is 1. The highest BCUT2D eigenvalue weighted by atomic mass is 35.5. The second-order valence-corrected chi connectivity index (χ2v) is 5.55. The van der Waals surface area contributed by atoms with Crippen molar-refractivity contribution in [1.29, 1.82) is 0 Å². The van der Waals surface area contributed by atoms with E-state index in [4.69, 9.17) is 21.1 Å². The number of fused-ring (bicyclic) bond motifs is 1. The first-order valence-corrected chi connectivity index (χ1v) is 7.34. The van der Waals surface area contributed by atoms with Gasteiger partial charge in [0.25, 0.3) is 0 Å². The van der Waals surface area contributed by atoms with Gasteiger partial charge < -0.3 is 14.4 Å². The fourth-order valence-corrected chi connectivity index (χ4v) is 2.11. The van der Waals surface area contributed by atoms with Crippen molar-refractivity contribution in [2.75, 3.05) is 13.6 Å². The molecular weight excluding hydrogens is 337 g/mol. The summed E-state index contributed by atoms with van der Waals surface area (Å²) in [6, 6.07) is 2.86. The van der Waals surface area contributed by atoms with E-state index in [1.54, 1.807) is 5.32 Å². The lowest BCUT2D eigenvalue weighted by atomic mass is 10.3. The van der Waals surface area contributed by atoms with Crippen LogP contribution in [0.4, 0.5) is 18.0 Å². The molecule has 2 amide bonds. The van der Waals surface area contributed by atoms with Crippen molar-refractivity contribution in [3.8, 4) is 11.5 Å². The first-order valence-electron chi connectivity index (χ1n) is 6.96. The van der Waals surface area contributed by atoms with Crippen LogP contribution in [-0.4, -0.2) is 36.6 Å². The van der Waals surface area contributed by atoms with Gasteiger partial charge in [0, 0.05) is 24.7 Å². The maximum atomic E-state index is 13.4. The van der Waals surface area contributed by atoms with Crippen molar-refractivity contribution in [2.45, 2.75) is 31.9 Å². The highest BCUT2D eigenvalue weighted by Crippen LogP contribution is 2.46. The summed E-state index contributed by atoms with van der Waals surface area (Å²) in [6.07, 6.45) is -3.51. The molecule has 1 unspecified atom stereocenters. The first-order chi connectivity index (χ1) is 10.7. The van der Waals surface area contributed by atoms with E-state index in [9.17, 15) is 18.0 Å². The molecule has 0 radical (unpaired) electrons. The minimum atomic E-state index is -4.99. The number of alkyl halides is 3. The van der Waals surface area contributed by atoms with Crippen molar-refractivity contribution >= 4 is 17.6 Å². The third-order valence-corrected chi connectivity index (χ3v) is 3.49. The summed E-state index contributed by atoms with van der Waals surface area (Å²) in [5.74, 6) is -3.60. The first kappa shape index (κ1) is 17.5. The Hall–Kier alpha value is -1.83. The fraction of sp³-hybridized carbons (Fsp3) is 0.500. The highest BCUT2D eigenvalue weighted by Gasteiger charge is 2.66. The second-order valence-electron chi connectivity index (χ2n) is 5.11. The highest BCUT2D eigenvalue weighted by molar-refractivity contribution is 6.30. The van der Waals surface area contributed by atoms with Gasteiger partial charge in [-0.05, 0) is 18.6 Å². The quantitative estimate of drug-likeness (QED) is 0.897. The molecule has 0 spiro atoms. The summed E-state index contributed by atoms with van der Waals surface area (Å²) in [6.45, 7) is 2.22. The summed E-state index contributed by atoms with van der Waals surface area (Å²) in [7, 11) is 1.40. The molecule has 0 saturated carbocycles. The Balaban J connectivity index is 2.22.